The summed E-state index contributed by atoms with van der Waals surface area (Å²) >= 11 is 5.95. The normalized spacial score (nSPS) is 10.4. The fourth-order valence-electron chi connectivity index (χ4n) is 2.61. The van der Waals surface area contributed by atoms with E-state index in [0.29, 0.717) is 5.69 Å². The average molecular weight is 369 g/mol. The van der Waals surface area contributed by atoms with E-state index in [4.69, 9.17) is 11.6 Å². The quantitative estimate of drug-likeness (QED) is 0.634. The summed E-state index contributed by atoms with van der Waals surface area (Å²) in [4.78, 5) is 12.3. The van der Waals surface area contributed by atoms with Crippen molar-refractivity contribution in [1.29, 1.82) is 0 Å². The van der Waals surface area contributed by atoms with E-state index in [9.17, 15) is 9.18 Å². The summed E-state index contributed by atoms with van der Waals surface area (Å²) in [5, 5.41) is 6.07. The molecule has 0 fully saturated rings. The van der Waals surface area contributed by atoms with Crippen molar-refractivity contribution in [3.8, 4) is 0 Å². The first-order valence-electron chi connectivity index (χ1n) is 8.22. The van der Waals surface area contributed by atoms with Gasteiger partial charge in [-0.2, -0.15) is 0 Å². The summed E-state index contributed by atoms with van der Waals surface area (Å²) in [6.45, 7) is 0.0328. The minimum Gasteiger partial charge on any atom is -0.375 e. The summed E-state index contributed by atoms with van der Waals surface area (Å²) < 4.78 is 13.1. The molecule has 0 saturated carbocycles. The minimum atomic E-state index is -0.417. The van der Waals surface area contributed by atoms with Gasteiger partial charge in [-0.3, -0.25) is 4.79 Å². The topological polar surface area (TPSA) is 41.1 Å². The molecule has 132 valence electrons. The van der Waals surface area contributed by atoms with Crippen molar-refractivity contribution < 1.29 is 9.18 Å². The number of para-hydroxylation sites is 1. The third-order valence-electron chi connectivity index (χ3n) is 3.90. The second-order valence-electron chi connectivity index (χ2n) is 5.85. The van der Waals surface area contributed by atoms with Crippen LogP contribution in [0.15, 0.2) is 72.8 Å². The molecule has 26 heavy (non-hydrogen) atoms. The molecule has 3 aromatic rings. The Kier molecular flexibility index (Phi) is 5.87. The molecule has 0 heterocycles. The van der Waals surface area contributed by atoms with Gasteiger partial charge in [0.15, 0.2) is 0 Å². The molecule has 0 aliphatic heterocycles. The molecule has 0 unspecified atom stereocenters. The lowest BCUT2D eigenvalue weighted by Gasteiger charge is -2.13. The van der Waals surface area contributed by atoms with E-state index in [1.807, 2.05) is 42.5 Å². The fourth-order valence-corrected chi connectivity index (χ4v) is 2.85. The lowest BCUT2D eigenvalue weighted by molar-refractivity contribution is -0.114. The molecule has 2 N–H and O–H groups in total. The maximum absolute atomic E-state index is 13.1. The Balaban J connectivity index is 1.64. The van der Waals surface area contributed by atoms with Crippen LogP contribution in [0.5, 0.6) is 0 Å². The molecule has 0 radical (unpaired) electrons. The Morgan fingerprint density at radius 3 is 2.42 bits per heavy atom. The van der Waals surface area contributed by atoms with Crippen molar-refractivity contribution in [2.75, 3.05) is 17.2 Å². The van der Waals surface area contributed by atoms with Gasteiger partial charge >= 0.3 is 0 Å². The Morgan fingerprint density at radius 1 is 0.923 bits per heavy atom. The third kappa shape index (κ3) is 4.83. The molecular formula is C21H18ClFN2O. The minimum absolute atomic E-state index is 0.0328. The van der Waals surface area contributed by atoms with Gasteiger partial charge < -0.3 is 10.6 Å². The van der Waals surface area contributed by atoms with E-state index in [0.717, 1.165) is 17.7 Å². The zero-order valence-electron chi connectivity index (χ0n) is 14.0. The summed E-state index contributed by atoms with van der Waals surface area (Å²) in [6, 6.07) is 21.8. The summed E-state index contributed by atoms with van der Waals surface area (Å²) in [5.74, 6) is -0.620. The number of anilines is 2. The van der Waals surface area contributed by atoms with E-state index in [1.165, 1.54) is 23.8 Å². The van der Waals surface area contributed by atoms with E-state index < -0.39 is 5.82 Å². The van der Waals surface area contributed by atoms with Crippen LogP contribution in [-0.4, -0.2) is 12.5 Å². The van der Waals surface area contributed by atoms with Gasteiger partial charge in [-0.1, -0.05) is 60.1 Å². The van der Waals surface area contributed by atoms with Crippen LogP contribution in [0.25, 0.3) is 0 Å². The summed E-state index contributed by atoms with van der Waals surface area (Å²) in [5.41, 5.74) is 3.49. The molecule has 0 saturated heterocycles. The molecule has 0 aromatic heterocycles. The number of nitrogens with one attached hydrogen (secondary N) is 2. The predicted octanol–water partition coefficient (Wildman–Crippen LogP) is 5.12. The predicted molar refractivity (Wildman–Crippen MR) is 104 cm³/mol. The van der Waals surface area contributed by atoms with Crippen molar-refractivity contribution in [3.05, 3.63) is 94.8 Å². The van der Waals surface area contributed by atoms with Crippen LogP contribution in [0.2, 0.25) is 5.02 Å². The smallest absolute Gasteiger partial charge is 0.243 e. The Labute approximate surface area is 156 Å². The highest BCUT2D eigenvalue weighted by molar-refractivity contribution is 6.33. The van der Waals surface area contributed by atoms with Gasteiger partial charge in [-0.15, -0.1) is 0 Å². The van der Waals surface area contributed by atoms with Crippen LogP contribution in [0.1, 0.15) is 11.1 Å². The Hall–Kier alpha value is -2.85. The van der Waals surface area contributed by atoms with Crippen LogP contribution in [0, 0.1) is 5.82 Å². The van der Waals surface area contributed by atoms with Crippen LogP contribution < -0.4 is 10.6 Å². The lowest BCUT2D eigenvalue weighted by atomic mass is 10.0. The monoisotopic (exact) mass is 368 g/mol. The van der Waals surface area contributed by atoms with Crippen LogP contribution >= 0.6 is 11.6 Å². The standard InChI is InChI=1S/C21H18ClFN2O/c22-18-13-17(23)10-11-20(18)24-14-21(26)25-19-9-5-4-8-16(19)12-15-6-2-1-3-7-15/h1-11,13,24H,12,14H2,(H,25,26). The molecule has 0 bridgehead atoms. The van der Waals surface area contributed by atoms with E-state index >= 15 is 0 Å². The number of carbonyl (C=O) groups is 1. The number of hydrogen-bond donors (Lipinski definition) is 2. The van der Waals surface area contributed by atoms with Crippen LogP contribution in [-0.2, 0) is 11.2 Å². The lowest BCUT2D eigenvalue weighted by Crippen LogP contribution is -2.22. The second-order valence-corrected chi connectivity index (χ2v) is 6.25. The molecule has 0 aliphatic carbocycles. The molecule has 0 aliphatic rings. The zero-order chi connectivity index (χ0) is 18.4. The first-order valence-corrected chi connectivity index (χ1v) is 8.60. The van der Waals surface area contributed by atoms with E-state index in [-0.39, 0.29) is 17.5 Å². The molecule has 3 nitrogen and oxygen atoms in total. The number of halogens is 2. The van der Waals surface area contributed by atoms with Gasteiger partial charge in [0, 0.05) is 5.69 Å². The van der Waals surface area contributed by atoms with Gasteiger partial charge in [-0.05, 0) is 41.8 Å². The number of amides is 1. The molecule has 3 rings (SSSR count). The van der Waals surface area contributed by atoms with Crippen LogP contribution in [0.4, 0.5) is 15.8 Å². The van der Waals surface area contributed by atoms with Crippen molar-refractivity contribution in [2.24, 2.45) is 0 Å². The van der Waals surface area contributed by atoms with Gasteiger partial charge in [-0.25, -0.2) is 4.39 Å². The first-order chi connectivity index (χ1) is 12.6. The second kappa shape index (κ2) is 8.50. The maximum Gasteiger partial charge on any atom is 0.243 e. The van der Waals surface area contributed by atoms with E-state index in [1.54, 1.807) is 0 Å². The molecule has 3 aromatic carbocycles. The van der Waals surface area contributed by atoms with Crippen molar-refractivity contribution >= 4 is 28.9 Å². The van der Waals surface area contributed by atoms with Crippen LogP contribution in [0.3, 0.4) is 0 Å². The van der Waals surface area contributed by atoms with Gasteiger partial charge in [0.05, 0.1) is 17.3 Å². The first kappa shape index (κ1) is 18.0. The number of hydrogen-bond acceptors (Lipinski definition) is 2. The summed E-state index contributed by atoms with van der Waals surface area (Å²) in [6.07, 6.45) is 0.731. The number of benzene rings is 3. The average Bonchev–Trinajstić information content (AvgIpc) is 2.63. The summed E-state index contributed by atoms with van der Waals surface area (Å²) in [7, 11) is 0. The number of carbonyl (C=O) groups excluding carboxylic acids is 1. The molecular weight excluding hydrogens is 351 g/mol. The van der Waals surface area contributed by atoms with Gasteiger partial charge in [0.2, 0.25) is 5.91 Å². The SMILES string of the molecule is O=C(CNc1ccc(F)cc1Cl)Nc1ccccc1Cc1ccccc1. The van der Waals surface area contributed by atoms with Crippen molar-refractivity contribution in [3.63, 3.8) is 0 Å². The highest BCUT2D eigenvalue weighted by Crippen LogP contribution is 2.22. The highest BCUT2D eigenvalue weighted by Gasteiger charge is 2.08. The van der Waals surface area contributed by atoms with Gasteiger partial charge in [0.1, 0.15) is 5.82 Å². The zero-order valence-corrected chi connectivity index (χ0v) is 14.8. The highest BCUT2D eigenvalue weighted by atomic mass is 35.5. The van der Waals surface area contributed by atoms with E-state index in [2.05, 4.69) is 22.8 Å². The van der Waals surface area contributed by atoms with Crippen molar-refractivity contribution in [2.45, 2.75) is 6.42 Å². The maximum atomic E-state index is 13.1. The fraction of sp³-hybridized carbons (Fsp3) is 0.0952. The third-order valence-corrected chi connectivity index (χ3v) is 4.21. The molecule has 0 atom stereocenters. The largest absolute Gasteiger partial charge is 0.375 e. The Morgan fingerprint density at radius 2 is 1.65 bits per heavy atom. The molecule has 0 spiro atoms. The Bertz CT molecular complexity index is 900. The van der Waals surface area contributed by atoms with Crippen molar-refractivity contribution in [1.82, 2.24) is 0 Å². The van der Waals surface area contributed by atoms with Gasteiger partial charge in [0.25, 0.3) is 0 Å². The molecule has 1 amide bonds. The molecule has 5 heteroatoms. The number of rotatable bonds is 6.